The van der Waals surface area contributed by atoms with Crippen LogP contribution >= 0.6 is 11.6 Å². The van der Waals surface area contributed by atoms with Crippen LogP contribution in [0.4, 0.5) is 5.82 Å². The molecule has 0 aliphatic carbocycles. The first-order chi connectivity index (χ1) is 13.7. The number of para-hydroxylation sites is 1. The highest BCUT2D eigenvalue weighted by atomic mass is 35.5. The Balaban J connectivity index is 1.84. The van der Waals surface area contributed by atoms with Gasteiger partial charge in [-0.05, 0) is 35.8 Å². The first-order valence-corrected chi connectivity index (χ1v) is 9.71. The van der Waals surface area contributed by atoms with Crippen LogP contribution in [0, 0.1) is 0 Å². The molecule has 0 saturated carbocycles. The summed E-state index contributed by atoms with van der Waals surface area (Å²) < 4.78 is 0. The number of H-pyrrole nitrogens is 1. The van der Waals surface area contributed by atoms with Gasteiger partial charge in [0, 0.05) is 39.7 Å². The number of phenols is 1. The van der Waals surface area contributed by atoms with Crippen LogP contribution in [0.15, 0.2) is 58.8 Å². The first-order valence-electron chi connectivity index (χ1n) is 9.33. The minimum absolute atomic E-state index is 0.144. The quantitative estimate of drug-likeness (QED) is 0.621. The molecule has 6 heteroatoms. The van der Waals surface area contributed by atoms with Crippen LogP contribution in [-0.4, -0.2) is 15.8 Å². The summed E-state index contributed by atoms with van der Waals surface area (Å²) in [6.07, 6.45) is 3.62. The summed E-state index contributed by atoms with van der Waals surface area (Å²) in [5, 5.41) is 16.9. The van der Waals surface area contributed by atoms with E-state index >= 15 is 0 Å². The largest absolute Gasteiger partial charge is 0.508 e. The van der Waals surface area contributed by atoms with Crippen LogP contribution in [-0.2, 0) is 0 Å². The summed E-state index contributed by atoms with van der Waals surface area (Å²) in [4.78, 5) is 8.42. The highest BCUT2D eigenvalue weighted by molar-refractivity contribution is 6.31. The molecule has 2 aliphatic rings. The fourth-order valence-corrected chi connectivity index (χ4v) is 4.27. The van der Waals surface area contributed by atoms with Crippen molar-refractivity contribution in [3.8, 4) is 5.75 Å². The number of halogens is 1. The molecule has 3 heterocycles. The number of hydrogen-bond acceptors (Lipinski definition) is 4. The van der Waals surface area contributed by atoms with Gasteiger partial charge in [0.05, 0.1) is 5.36 Å². The fraction of sp³-hybridized carbons (Fsp3) is 0.182. The summed E-state index contributed by atoms with van der Waals surface area (Å²) in [6, 6.07) is 13.0. The molecule has 2 aromatic carbocycles. The molecule has 140 valence electrons. The summed E-state index contributed by atoms with van der Waals surface area (Å²) in [7, 11) is 0. The molecule has 0 fully saturated rings. The van der Waals surface area contributed by atoms with E-state index in [-0.39, 0.29) is 11.8 Å². The van der Waals surface area contributed by atoms with Gasteiger partial charge in [0.15, 0.2) is 0 Å². The second kappa shape index (κ2) is 6.53. The van der Waals surface area contributed by atoms with Gasteiger partial charge in [0.25, 0.3) is 0 Å². The van der Waals surface area contributed by atoms with Crippen LogP contribution in [0.25, 0.3) is 5.57 Å². The second-order valence-electron chi connectivity index (χ2n) is 7.05. The topological polar surface area (TPSA) is 72.8 Å². The van der Waals surface area contributed by atoms with Crippen molar-refractivity contribution >= 4 is 28.7 Å². The number of nitrogens with one attached hydrogen (secondary N) is 2. The molecule has 1 unspecified atom stereocenters. The number of hydrogen-bond donors (Lipinski definition) is 3. The Kier molecular flexibility index (Phi) is 3.98. The molecule has 3 N–H and O–H groups in total. The Hall–Kier alpha value is -3.05. The molecule has 0 amide bonds. The third-order valence-electron chi connectivity index (χ3n) is 5.40. The Morgan fingerprint density at radius 1 is 1.18 bits per heavy atom. The molecular weight excluding hydrogens is 372 g/mol. The van der Waals surface area contributed by atoms with Gasteiger partial charge >= 0.3 is 0 Å². The number of rotatable bonds is 2. The third-order valence-corrected chi connectivity index (χ3v) is 5.73. The van der Waals surface area contributed by atoms with E-state index in [1.807, 2.05) is 30.5 Å². The van der Waals surface area contributed by atoms with Crippen LogP contribution in [0.2, 0.25) is 5.02 Å². The molecule has 28 heavy (non-hydrogen) atoms. The van der Waals surface area contributed by atoms with E-state index in [0.29, 0.717) is 5.02 Å². The molecule has 0 bridgehead atoms. The van der Waals surface area contributed by atoms with E-state index in [0.717, 1.165) is 51.6 Å². The van der Waals surface area contributed by atoms with Crippen molar-refractivity contribution < 1.29 is 5.11 Å². The van der Waals surface area contributed by atoms with Crippen molar-refractivity contribution in [1.29, 1.82) is 0 Å². The first kappa shape index (κ1) is 17.1. The Morgan fingerprint density at radius 2 is 2.04 bits per heavy atom. The van der Waals surface area contributed by atoms with Crippen LogP contribution in [0.3, 0.4) is 0 Å². The number of aromatic amines is 1. The number of hydrazone groups is 1. The lowest BCUT2D eigenvalue weighted by molar-refractivity contribution is 0.475. The van der Waals surface area contributed by atoms with E-state index in [9.17, 15) is 5.11 Å². The number of nitrogens with zero attached hydrogens (tertiary/aromatic N) is 2. The van der Waals surface area contributed by atoms with Gasteiger partial charge in [-0.15, -0.1) is 0 Å². The highest BCUT2D eigenvalue weighted by Crippen LogP contribution is 2.41. The Bertz CT molecular complexity index is 1240. The van der Waals surface area contributed by atoms with Gasteiger partial charge in [0.1, 0.15) is 17.6 Å². The van der Waals surface area contributed by atoms with Gasteiger partial charge in [-0.1, -0.05) is 42.8 Å². The van der Waals surface area contributed by atoms with E-state index in [1.165, 1.54) is 5.57 Å². The third kappa shape index (κ3) is 2.62. The molecule has 0 radical (unpaired) electrons. The monoisotopic (exact) mass is 390 g/mol. The van der Waals surface area contributed by atoms with Crippen LogP contribution in [0.5, 0.6) is 5.75 Å². The lowest BCUT2D eigenvalue weighted by Gasteiger charge is -2.15. The Morgan fingerprint density at radius 3 is 2.86 bits per heavy atom. The number of anilines is 1. The van der Waals surface area contributed by atoms with Gasteiger partial charge in [-0.2, -0.15) is 5.10 Å². The Labute approximate surface area is 167 Å². The molecule has 2 aliphatic heterocycles. The van der Waals surface area contributed by atoms with Crippen molar-refractivity contribution in [1.82, 2.24) is 4.98 Å². The number of aromatic hydroxyl groups is 1. The SMILES string of the molecule is CCC1=NNc2[nH]cc3c2C(=c2ccccc2=NC3c2ccc(O)cc2Cl)C1. The molecule has 5 nitrogen and oxygen atoms in total. The molecule has 0 saturated heterocycles. The van der Waals surface area contributed by atoms with Crippen molar-refractivity contribution in [2.24, 2.45) is 10.1 Å². The predicted octanol–water partition coefficient (Wildman–Crippen LogP) is 3.88. The summed E-state index contributed by atoms with van der Waals surface area (Å²) in [5.74, 6) is 1.02. The van der Waals surface area contributed by atoms with E-state index in [1.54, 1.807) is 12.1 Å². The summed E-state index contributed by atoms with van der Waals surface area (Å²) in [6.45, 7) is 2.12. The minimum atomic E-state index is -0.281. The molecule has 0 spiro atoms. The number of phenolic OH excluding ortho intramolecular Hbond substituents is 1. The normalized spacial score (nSPS) is 17.4. The smallest absolute Gasteiger partial charge is 0.131 e. The van der Waals surface area contributed by atoms with Crippen LogP contribution < -0.4 is 16.0 Å². The van der Waals surface area contributed by atoms with Crippen LogP contribution in [0.1, 0.15) is 42.5 Å². The van der Waals surface area contributed by atoms with Crippen molar-refractivity contribution in [2.45, 2.75) is 25.8 Å². The lowest BCUT2D eigenvalue weighted by Crippen LogP contribution is -2.27. The average molecular weight is 391 g/mol. The zero-order valence-corrected chi connectivity index (χ0v) is 16.1. The predicted molar refractivity (Wildman–Crippen MR) is 111 cm³/mol. The van der Waals surface area contributed by atoms with E-state index in [4.69, 9.17) is 16.6 Å². The minimum Gasteiger partial charge on any atom is -0.508 e. The number of benzene rings is 2. The van der Waals surface area contributed by atoms with E-state index in [2.05, 4.69) is 28.5 Å². The fourth-order valence-electron chi connectivity index (χ4n) is 3.99. The van der Waals surface area contributed by atoms with Gasteiger partial charge < -0.3 is 10.1 Å². The molecule has 5 rings (SSSR count). The van der Waals surface area contributed by atoms with Gasteiger partial charge in [-0.25, -0.2) is 0 Å². The maximum atomic E-state index is 9.78. The van der Waals surface area contributed by atoms with E-state index < -0.39 is 0 Å². The maximum Gasteiger partial charge on any atom is 0.131 e. The zero-order chi connectivity index (χ0) is 19.3. The van der Waals surface area contributed by atoms with Crippen molar-refractivity contribution in [3.63, 3.8) is 0 Å². The zero-order valence-electron chi connectivity index (χ0n) is 15.3. The van der Waals surface area contributed by atoms with Gasteiger partial charge in [-0.3, -0.25) is 10.4 Å². The average Bonchev–Trinajstić information content (AvgIpc) is 2.95. The summed E-state index contributed by atoms with van der Waals surface area (Å²) in [5.41, 5.74) is 8.53. The van der Waals surface area contributed by atoms with Crippen molar-refractivity contribution in [3.05, 3.63) is 81.0 Å². The number of fused-ring (bicyclic) bond motifs is 1. The molecular formula is C22H19ClN4O. The molecule has 3 aromatic rings. The highest BCUT2D eigenvalue weighted by Gasteiger charge is 2.29. The maximum absolute atomic E-state index is 9.78. The van der Waals surface area contributed by atoms with Gasteiger partial charge in [0.2, 0.25) is 0 Å². The lowest BCUT2D eigenvalue weighted by atomic mass is 9.91. The standard InChI is InChI=1S/C22H19ClN4O/c1-2-12-9-16-14-5-3-4-6-19(14)25-21(15-8-7-13(28)10-18(15)23)17-11-24-22(20(16)17)27-26-12/h3-8,10-11,21,24,27-28H,2,9H2,1H3. The second-order valence-corrected chi connectivity index (χ2v) is 7.45. The molecule has 1 aromatic heterocycles. The molecule has 1 atom stereocenters. The number of aromatic nitrogens is 1. The van der Waals surface area contributed by atoms with Crippen molar-refractivity contribution in [2.75, 3.05) is 5.43 Å². The summed E-state index contributed by atoms with van der Waals surface area (Å²) >= 11 is 6.50.